The van der Waals surface area contributed by atoms with E-state index in [4.69, 9.17) is 0 Å². The summed E-state index contributed by atoms with van der Waals surface area (Å²) in [6, 6.07) is 14.8. The smallest absolute Gasteiger partial charge is 0.0751 e. The lowest BCUT2D eigenvalue weighted by Gasteiger charge is -2.14. The second-order valence-corrected chi connectivity index (χ2v) is 5.55. The number of aryl methyl sites for hydroxylation is 3. The largest absolute Gasteiger partial charge is 0.380 e. The van der Waals surface area contributed by atoms with Crippen molar-refractivity contribution < 1.29 is 0 Å². The first-order valence-corrected chi connectivity index (χ1v) is 7.30. The molecule has 0 saturated carbocycles. The van der Waals surface area contributed by atoms with Crippen molar-refractivity contribution in [1.82, 2.24) is 4.98 Å². The van der Waals surface area contributed by atoms with Crippen LogP contribution < -0.4 is 5.32 Å². The Balaban J connectivity index is 1.94. The summed E-state index contributed by atoms with van der Waals surface area (Å²) in [7, 11) is 0. The Morgan fingerprint density at radius 1 is 0.857 bits per heavy atom. The predicted molar refractivity (Wildman–Crippen MR) is 89.7 cm³/mol. The zero-order valence-corrected chi connectivity index (χ0v) is 12.8. The van der Waals surface area contributed by atoms with E-state index in [1.807, 2.05) is 12.3 Å². The first kappa shape index (κ1) is 13.6. The van der Waals surface area contributed by atoms with Gasteiger partial charge in [0.1, 0.15) is 0 Å². The van der Waals surface area contributed by atoms with Crippen LogP contribution in [0.5, 0.6) is 0 Å². The van der Waals surface area contributed by atoms with Crippen LogP contribution in [0.3, 0.4) is 0 Å². The van der Waals surface area contributed by atoms with E-state index in [0.29, 0.717) is 0 Å². The second-order valence-electron chi connectivity index (χ2n) is 5.55. The van der Waals surface area contributed by atoms with E-state index in [1.165, 1.54) is 27.6 Å². The van der Waals surface area contributed by atoms with Crippen molar-refractivity contribution >= 4 is 16.6 Å². The van der Waals surface area contributed by atoms with Crippen LogP contribution in [-0.4, -0.2) is 4.98 Å². The summed E-state index contributed by atoms with van der Waals surface area (Å²) >= 11 is 0. The molecule has 2 aromatic carbocycles. The van der Waals surface area contributed by atoms with Crippen molar-refractivity contribution in [3.63, 3.8) is 0 Å². The van der Waals surface area contributed by atoms with Gasteiger partial charge in [-0.05, 0) is 61.2 Å². The van der Waals surface area contributed by atoms with E-state index in [1.54, 1.807) is 0 Å². The number of benzene rings is 2. The lowest BCUT2D eigenvalue weighted by Crippen LogP contribution is -2.04. The van der Waals surface area contributed by atoms with Gasteiger partial charge in [0.05, 0.1) is 5.52 Å². The van der Waals surface area contributed by atoms with Gasteiger partial charge in [0.2, 0.25) is 0 Å². The lowest BCUT2D eigenvalue weighted by molar-refractivity contribution is 1.09. The van der Waals surface area contributed by atoms with Gasteiger partial charge in [-0.15, -0.1) is 0 Å². The third-order valence-corrected chi connectivity index (χ3v) is 4.07. The number of nitrogens with one attached hydrogen (secondary N) is 1. The monoisotopic (exact) mass is 276 g/mol. The molecule has 3 aromatic rings. The summed E-state index contributed by atoms with van der Waals surface area (Å²) in [6.07, 6.45) is 1.85. The molecule has 1 N–H and O–H groups in total. The van der Waals surface area contributed by atoms with Crippen molar-refractivity contribution in [3.05, 3.63) is 70.9 Å². The molecule has 1 heterocycles. The predicted octanol–water partition coefficient (Wildman–Crippen LogP) is 4.77. The molecule has 0 aliphatic heterocycles. The van der Waals surface area contributed by atoms with Crippen molar-refractivity contribution in [2.24, 2.45) is 0 Å². The molecule has 0 bridgehead atoms. The van der Waals surface area contributed by atoms with Gasteiger partial charge in [-0.1, -0.05) is 24.3 Å². The first-order valence-electron chi connectivity index (χ1n) is 7.30. The highest BCUT2D eigenvalue weighted by atomic mass is 14.9. The summed E-state index contributed by atoms with van der Waals surface area (Å²) in [4.78, 5) is 4.49. The standard InChI is InChI=1S/C19H20N2/c1-13-6-4-7-14(2)17(13)12-21-18-10-9-15(3)19-16(18)8-5-11-20-19/h4-11,21H,12H2,1-3H3. The van der Waals surface area contributed by atoms with Gasteiger partial charge in [-0.25, -0.2) is 0 Å². The maximum atomic E-state index is 4.49. The molecule has 0 radical (unpaired) electrons. The number of anilines is 1. The number of hydrogen-bond donors (Lipinski definition) is 1. The summed E-state index contributed by atoms with van der Waals surface area (Å²) in [5.74, 6) is 0. The highest BCUT2D eigenvalue weighted by Gasteiger charge is 2.06. The van der Waals surface area contributed by atoms with Gasteiger partial charge in [-0.3, -0.25) is 4.98 Å². The Morgan fingerprint density at radius 3 is 2.38 bits per heavy atom. The van der Waals surface area contributed by atoms with Crippen molar-refractivity contribution in [3.8, 4) is 0 Å². The molecule has 0 fully saturated rings. The maximum Gasteiger partial charge on any atom is 0.0751 e. The zero-order chi connectivity index (χ0) is 14.8. The van der Waals surface area contributed by atoms with Crippen LogP contribution in [-0.2, 0) is 6.54 Å². The number of fused-ring (bicyclic) bond motifs is 1. The van der Waals surface area contributed by atoms with Gasteiger partial charge in [0, 0.05) is 23.8 Å². The number of aromatic nitrogens is 1. The molecule has 3 rings (SSSR count). The van der Waals surface area contributed by atoms with E-state index in [2.05, 4.69) is 67.5 Å². The van der Waals surface area contributed by atoms with Gasteiger partial charge < -0.3 is 5.32 Å². The molecule has 2 nitrogen and oxygen atoms in total. The fourth-order valence-corrected chi connectivity index (χ4v) is 2.78. The molecule has 0 unspecified atom stereocenters. The Hall–Kier alpha value is -2.35. The molecule has 21 heavy (non-hydrogen) atoms. The first-order chi connectivity index (χ1) is 10.2. The fourth-order valence-electron chi connectivity index (χ4n) is 2.78. The van der Waals surface area contributed by atoms with E-state index >= 15 is 0 Å². The van der Waals surface area contributed by atoms with E-state index in [-0.39, 0.29) is 0 Å². The number of pyridine rings is 1. The second kappa shape index (κ2) is 5.57. The Kier molecular flexibility index (Phi) is 3.61. The highest BCUT2D eigenvalue weighted by molar-refractivity contribution is 5.93. The summed E-state index contributed by atoms with van der Waals surface area (Å²) in [5.41, 5.74) is 7.46. The topological polar surface area (TPSA) is 24.9 Å². The van der Waals surface area contributed by atoms with Crippen LogP contribution in [0.2, 0.25) is 0 Å². The maximum absolute atomic E-state index is 4.49. The van der Waals surface area contributed by atoms with Crippen molar-refractivity contribution in [2.75, 3.05) is 5.32 Å². The molecule has 0 aliphatic rings. The van der Waals surface area contributed by atoms with E-state index in [0.717, 1.165) is 17.7 Å². The summed E-state index contributed by atoms with van der Waals surface area (Å²) in [6.45, 7) is 7.27. The normalized spacial score (nSPS) is 10.8. The molecule has 2 heteroatoms. The van der Waals surface area contributed by atoms with Crippen LogP contribution in [0.15, 0.2) is 48.7 Å². The van der Waals surface area contributed by atoms with Crippen LogP contribution >= 0.6 is 0 Å². The quantitative estimate of drug-likeness (QED) is 0.745. The van der Waals surface area contributed by atoms with E-state index < -0.39 is 0 Å². The molecular formula is C19H20N2. The zero-order valence-electron chi connectivity index (χ0n) is 12.8. The SMILES string of the molecule is Cc1cccc(C)c1CNc1ccc(C)c2ncccc12. The molecule has 1 aromatic heterocycles. The Labute approximate surface area is 125 Å². The molecule has 0 aliphatic carbocycles. The van der Waals surface area contributed by atoms with Crippen LogP contribution in [0, 0.1) is 20.8 Å². The Bertz CT molecular complexity index is 770. The average molecular weight is 276 g/mol. The number of nitrogens with zero attached hydrogens (tertiary/aromatic N) is 1. The van der Waals surface area contributed by atoms with Crippen LogP contribution in [0.1, 0.15) is 22.3 Å². The van der Waals surface area contributed by atoms with Gasteiger partial charge >= 0.3 is 0 Å². The minimum Gasteiger partial charge on any atom is -0.380 e. The van der Waals surface area contributed by atoms with E-state index in [9.17, 15) is 0 Å². The molecule has 0 amide bonds. The van der Waals surface area contributed by atoms with Crippen molar-refractivity contribution in [1.29, 1.82) is 0 Å². The molecule has 0 atom stereocenters. The number of rotatable bonds is 3. The Morgan fingerprint density at radius 2 is 1.62 bits per heavy atom. The minimum atomic E-state index is 0.839. The van der Waals surface area contributed by atoms with Crippen molar-refractivity contribution in [2.45, 2.75) is 27.3 Å². The van der Waals surface area contributed by atoms with Gasteiger partial charge in [0.15, 0.2) is 0 Å². The minimum absolute atomic E-state index is 0.839. The average Bonchev–Trinajstić information content (AvgIpc) is 2.49. The van der Waals surface area contributed by atoms with Crippen LogP contribution in [0.4, 0.5) is 5.69 Å². The lowest BCUT2D eigenvalue weighted by atomic mass is 10.0. The molecule has 0 spiro atoms. The number of hydrogen-bond acceptors (Lipinski definition) is 2. The van der Waals surface area contributed by atoms with Crippen LogP contribution in [0.25, 0.3) is 10.9 Å². The highest BCUT2D eigenvalue weighted by Crippen LogP contribution is 2.25. The molecule has 0 saturated heterocycles. The van der Waals surface area contributed by atoms with Gasteiger partial charge in [-0.2, -0.15) is 0 Å². The van der Waals surface area contributed by atoms with Gasteiger partial charge in [0.25, 0.3) is 0 Å². The summed E-state index contributed by atoms with van der Waals surface area (Å²) < 4.78 is 0. The molecule has 106 valence electrons. The molecular weight excluding hydrogens is 256 g/mol. The fraction of sp³-hybridized carbons (Fsp3) is 0.211. The third kappa shape index (κ3) is 2.62. The third-order valence-electron chi connectivity index (χ3n) is 4.07. The summed E-state index contributed by atoms with van der Waals surface area (Å²) in [5, 5.41) is 4.76.